The summed E-state index contributed by atoms with van der Waals surface area (Å²) in [6.45, 7) is 1.16. The van der Waals surface area contributed by atoms with Crippen LogP contribution >= 0.6 is 0 Å². The van der Waals surface area contributed by atoms with Crippen LogP contribution in [0.15, 0.2) is 23.6 Å². The molecule has 1 fully saturated rings. The number of anilines is 1. The number of ether oxygens (including phenoxy) is 1. The summed E-state index contributed by atoms with van der Waals surface area (Å²) in [6.07, 6.45) is 0.199. The van der Waals surface area contributed by atoms with Crippen molar-refractivity contribution in [2.45, 2.75) is 30.8 Å². The molecule has 0 amide bonds. The average Bonchev–Trinajstić information content (AvgIpc) is 3.02. The van der Waals surface area contributed by atoms with E-state index in [1.54, 1.807) is 13.0 Å². The Kier molecular flexibility index (Phi) is 3.38. The maximum Gasteiger partial charge on any atom is 0.163 e. The van der Waals surface area contributed by atoms with Crippen LogP contribution in [0.1, 0.15) is 18.6 Å². The Morgan fingerprint density at radius 3 is 3.09 bits per heavy atom. The van der Waals surface area contributed by atoms with Gasteiger partial charge in [-0.15, -0.1) is 0 Å². The zero-order valence-corrected chi connectivity index (χ0v) is 11.7. The predicted octanol–water partition coefficient (Wildman–Crippen LogP) is 0.174. The van der Waals surface area contributed by atoms with E-state index >= 15 is 0 Å². The van der Waals surface area contributed by atoms with Crippen LogP contribution in [0, 0.1) is 0 Å². The van der Waals surface area contributed by atoms with Crippen LogP contribution in [0.5, 0.6) is 0 Å². The second-order valence-electron chi connectivity index (χ2n) is 5.30. The summed E-state index contributed by atoms with van der Waals surface area (Å²) in [5, 5.41) is 27.5. The Balaban J connectivity index is 2.16. The van der Waals surface area contributed by atoms with Gasteiger partial charge in [-0.1, -0.05) is 5.11 Å². The first-order chi connectivity index (χ1) is 10.5. The third kappa shape index (κ3) is 1.90. The quantitative estimate of drug-likeness (QED) is 0.417. The highest BCUT2D eigenvalue weighted by molar-refractivity contribution is 5.53. The molecular weight excluding hydrogens is 290 g/mol. The first-order valence-corrected chi connectivity index (χ1v) is 6.61. The molecule has 22 heavy (non-hydrogen) atoms. The van der Waals surface area contributed by atoms with Crippen molar-refractivity contribution in [3.8, 4) is 0 Å². The molecule has 1 aliphatic heterocycles. The molecule has 0 spiro atoms. The standard InChI is InChI=1S/C12H15N7O3/c1-12(17-18-14)9(21)7(5-20)22-10(12)6-4-16-19-8(13)2-3-15-11(6)19/h2-4,7,9-10,20-21H,5,13H2,1H3/t7-,9-,10+,12-/m1/s1. The summed E-state index contributed by atoms with van der Waals surface area (Å²) in [5.41, 5.74) is 14.3. The number of aromatic nitrogens is 3. The van der Waals surface area contributed by atoms with Gasteiger partial charge in [0.25, 0.3) is 0 Å². The smallest absolute Gasteiger partial charge is 0.163 e. The highest BCUT2D eigenvalue weighted by atomic mass is 16.5. The lowest BCUT2D eigenvalue weighted by Gasteiger charge is -2.26. The maximum atomic E-state index is 10.3. The molecule has 3 rings (SSSR count). The van der Waals surface area contributed by atoms with E-state index in [1.807, 2.05) is 0 Å². The molecule has 0 radical (unpaired) electrons. The van der Waals surface area contributed by atoms with E-state index in [-0.39, 0.29) is 0 Å². The van der Waals surface area contributed by atoms with Crippen molar-refractivity contribution in [2.24, 2.45) is 5.11 Å². The molecule has 0 bridgehead atoms. The number of hydrogen-bond acceptors (Lipinski definition) is 7. The van der Waals surface area contributed by atoms with Gasteiger partial charge in [-0.2, -0.15) is 9.61 Å². The molecule has 0 aliphatic carbocycles. The number of azide groups is 1. The van der Waals surface area contributed by atoms with Crippen molar-refractivity contribution >= 4 is 11.5 Å². The zero-order chi connectivity index (χ0) is 15.9. The molecule has 10 nitrogen and oxygen atoms in total. The lowest BCUT2D eigenvalue weighted by molar-refractivity contribution is -0.0223. The molecule has 4 atom stereocenters. The lowest BCUT2D eigenvalue weighted by atomic mass is 9.87. The van der Waals surface area contributed by atoms with E-state index in [2.05, 4.69) is 20.1 Å². The SMILES string of the molecule is C[C@@]1(N=[N+]=[N-])[C@H](O)[C@@H](CO)O[C@H]1c1cnn2c(N)ccnc12. The number of fused-ring (bicyclic) bond motifs is 1. The van der Waals surface area contributed by atoms with Crippen LogP contribution in [0.4, 0.5) is 5.82 Å². The fourth-order valence-electron chi connectivity index (χ4n) is 2.77. The summed E-state index contributed by atoms with van der Waals surface area (Å²) in [5.74, 6) is 0.388. The van der Waals surface area contributed by atoms with Gasteiger partial charge in [0.15, 0.2) is 5.65 Å². The van der Waals surface area contributed by atoms with E-state index < -0.39 is 30.5 Å². The van der Waals surface area contributed by atoms with Crippen LogP contribution in [0.3, 0.4) is 0 Å². The highest BCUT2D eigenvalue weighted by Crippen LogP contribution is 2.45. The first-order valence-electron chi connectivity index (χ1n) is 6.61. The third-order valence-electron chi connectivity index (χ3n) is 3.97. The fraction of sp³-hybridized carbons (Fsp3) is 0.500. The van der Waals surface area contributed by atoms with Crippen molar-refractivity contribution < 1.29 is 14.9 Å². The number of nitrogens with zero attached hydrogens (tertiary/aromatic N) is 6. The summed E-state index contributed by atoms with van der Waals surface area (Å²) in [6, 6.07) is 1.59. The molecule has 2 aromatic rings. The van der Waals surface area contributed by atoms with E-state index in [1.165, 1.54) is 16.9 Å². The summed E-state index contributed by atoms with van der Waals surface area (Å²) in [7, 11) is 0. The van der Waals surface area contributed by atoms with Gasteiger partial charge in [0.2, 0.25) is 0 Å². The molecule has 116 valence electrons. The highest BCUT2D eigenvalue weighted by Gasteiger charge is 2.54. The second kappa shape index (κ2) is 5.11. The maximum absolute atomic E-state index is 10.3. The van der Waals surface area contributed by atoms with Crippen molar-refractivity contribution in [3.05, 3.63) is 34.5 Å². The van der Waals surface area contributed by atoms with Gasteiger partial charge in [0.05, 0.1) is 18.9 Å². The van der Waals surface area contributed by atoms with Crippen molar-refractivity contribution in [2.75, 3.05) is 12.3 Å². The molecule has 0 unspecified atom stereocenters. The largest absolute Gasteiger partial charge is 0.394 e. The minimum absolute atomic E-state index is 0.388. The van der Waals surface area contributed by atoms with Crippen LogP contribution < -0.4 is 5.73 Å². The Morgan fingerprint density at radius 1 is 1.64 bits per heavy atom. The van der Waals surface area contributed by atoms with Crippen LogP contribution in [0.2, 0.25) is 0 Å². The summed E-state index contributed by atoms with van der Waals surface area (Å²) < 4.78 is 7.11. The molecular formula is C12H15N7O3. The monoisotopic (exact) mass is 305 g/mol. The van der Waals surface area contributed by atoms with E-state index in [0.29, 0.717) is 17.0 Å². The Morgan fingerprint density at radius 2 is 2.41 bits per heavy atom. The van der Waals surface area contributed by atoms with E-state index in [0.717, 1.165) is 0 Å². The van der Waals surface area contributed by atoms with Crippen molar-refractivity contribution in [1.82, 2.24) is 14.6 Å². The van der Waals surface area contributed by atoms with Gasteiger partial charge in [-0.05, 0) is 18.5 Å². The molecule has 2 aromatic heterocycles. The van der Waals surface area contributed by atoms with Crippen LogP contribution in [-0.2, 0) is 4.74 Å². The predicted molar refractivity (Wildman–Crippen MR) is 75.7 cm³/mol. The zero-order valence-electron chi connectivity index (χ0n) is 11.7. The van der Waals surface area contributed by atoms with E-state index in [4.69, 9.17) is 16.0 Å². The van der Waals surface area contributed by atoms with Gasteiger partial charge in [0, 0.05) is 16.7 Å². The van der Waals surface area contributed by atoms with Crippen LogP contribution in [0.25, 0.3) is 16.1 Å². The minimum Gasteiger partial charge on any atom is -0.394 e. The van der Waals surface area contributed by atoms with Crippen molar-refractivity contribution in [3.63, 3.8) is 0 Å². The Hall–Kier alpha value is -2.39. The molecule has 10 heteroatoms. The number of aliphatic hydroxyl groups is 2. The van der Waals surface area contributed by atoms with Gasteiger partial charge in [-0.25, -0.2) is 4.98 Å². The topological polar surface area (TPSA) is 155 Å². The number of nitrogens with two attached hydrogens (primary N) is 1. The van der Waals surface area contributed by atoms with Gasteiger partial charge >= 0.3 is 0 Å². The molecule has 3 heterocycles. The van der Waals surface area contributed by atoms with Crippen LogP contribution in [-0.4, -0.2) is 49.2 Å². The fourth-order valence-corrected chi connectivity index (χ4v) is 2.77. The molecule has 1 aliphatic rings. The van der Waals surface area contributed by atoms with E-state index in [9.17, 15) is 10.2 Å². The molecule has 0 aromatic carbocycles. The Bertz CT molecular complexity index is 756. The Labute approximate surface area is 124 Å². The second-order valence-corrected chi connectivity index (χ2v) is 5.30. The average molecular weight is 305 g/mol. The van der Waals surface area contributed by atoms with Gasteiger partial charge in [-0.3, -0.25) is 0 Å². The van der Waals surface area contributed by atoms with Gasteiger partial charge in [0.1, 0.15) is 23.6 Å². The lowest BCUT2D eigenvalue weighted by Crippen LogP contribution is -2.41. The minimum atomic E-state index is -1.29. The van der Waals surface area contributed by atoms with Gasteiger partial charge < -0.3 is 20.7 Å². The number of hydrogen-bond donors (Lipinski definition) is 3. The van der Waals surface area contributed by atoms with Crippen molar-refractivity contribution in [1.29, 1.82) is 0 Å². The summed E-state index contributed by atoms with van der Waals surface area (Å²) in [4.78, 5) is 7.01. The first kappa shape index (κ1) is 14.5. The third-order valence-corrected chi connectivity index (χ3v) is 3.97. The number of nitrogen functional groups attached to an aromatic ring is 1. The molecule has 4 N–H and O–H groups in total. The normalized spacial score (nSPS) is 31.3. The number of aliphatic hydroxyl groups excluding tert-OH is 2. The molecule has 0 saturated carbocycles. The molecule has 1 saturated heterocycles. The summed E-state index contributed by atoms with van der Waals surface area (Å²) >= 11 is 0. The number of rotatable bonds is 3.